The molecule has 4 aromatic rings. The minimum atomic E-state index is -3.03. The molecule has 5 rings (SSSR count). The van der Waals surface area contributed by atoms with E-state index < -0.39 is 18.8 Å². The monoisotopic (exact) mass is 637 g/mol. The van der Waals surface area contributed by atoms with E-state index in [1.807, 2.05) is 0 Å². The van der Waals surface area contributed by atoms with Crippen LogP contribution < -0.4 is 30.2 Å². The Bertz CT molecular complexity index is 1680. The number of rotatable bonds is 14. The van der Waals surface area contributed by atoms with Crippen molar-refractivity contribution in [2.75, 3.05) is 31.0 Å². The number of anilines is 2. The van der Waals surface area contributed by atoms with E-state index in [2.05, 4.69) is 20.0 Å². The number of ether oxygens (including phenoxy) is 4. The fraction of sp³-hybridized carbons (Fsp3) is 0.312. The molecule has 2 amide bonds. The molecule has 0 spiro atoms. The van der Waals surface area contributed by atoms with Crippen molar-refractivity contribution in [2.45, 2.75) is 39.0 Å². The fourth-order valence-electron chi connectivity index (χ4n) is 4.52. The molecule has 0 saturated heterocycles. The maximum atomic E-state index is 13.2. The molecule has 2 aromatic carbocycles. The predicted molar refractivity (Wildman–Crippen MR) is 163 cm³/mol. The Kier molecular flexibility index (Phi) is 9.84. The number of carbonyl (C=O) groups is 2. The Morgan fingerprint density at radius 2 is 1.85 bits per heavy atom. The number of oxazole rings is 1. The van der Waals surface area contributed by atoms with E-state index >= 15 is 0 Å². The maximum absolute atomic E-state index is 13.2. The summed E-state index contributed by atoms with van der Waals surface area (Å²) in [5, 5.41) is 3.12. The minimum absolute atomic E-state index is 0.0574. The molecule has 0 aliphatic heterocycles. The van der Waals surface area contributed by atoms with Crippen LogP contribution in [-0.2, 0) is 11.3 Å². The van der Waals surface area contributed by atoms with Gasteiger partial charge in [-0.1, -0.05) is 6.07 Å². The van der Waals surface area contributed by atoms with Crippen molar-refractivity contribution >= 4 is 23.5 Å². The second-order valence-electron chi connectivity index (χ2n) is 10.5. The van der Waals surface area contributed by atoms with Crippen LogP contribution in [0.4, 0.5) is 25.1 Å². The second-order valence-corrected chi connectivity index (χ2v) is 10.5. The van der Waals surface area contributed by atoms with Crippen LogP contribution in [0, 0.1) is 5.92 Å². The number of amides is 2. The fourth-order valence-corrected chi connectivity index (χ4v) is 4.52. The number of alkyl halides is 2. The number of aromatic nitrogens is 2. The lowest BCUT2D eigenvalue weighted by molar-refractivity contribution is -0.0515. The van der Waals surface area contributed by atoms with Gasteiger partial charge in [0.1, 0.15) is 23.0 Å². The van der Waals surface area contributed by atoms with E-state index in [1.54, 1.807) is 63.5 Å². The van der Waals surface area contributed by atoms with Crippen molar-refractivity contribution in [2.24, 2.45) is 11.7 Å². The molecule has 3 N–H and O–H groups in total. The number of hydrogen-bond acceptors (Lipinski definition) is 10. The zero-order valence-electron chi connectivity index (χ0n) is 25.4. The number of benzene rings is 2. The average Bonchev–Trinajstić information content (AvgIpc) is 3.78. The normalized spacial score (nSPS) is 13.2. The molecule has 2 aromatic heterocycles. The Labute approximate surface area is 263 Å². The smallest absolute Gasteiger partial charge is 0.405 e. The summed E-state index contributed by atoms with van der Waals surface area (Å²) in [6.45, 7) is -1.04. The first-order valence-corrected chi connectivity index (χ1v) is 14.4. The molecule has 0 radical (unpaired) electrons. The van der Waals surface area contributed by atoms with Gasteiger partial charge in [-0.05, 0) is 80.3 Å². The van der Waals surface area contributed by atoms with Gasteiger partial charge in [-0.25, -0.2) is 14.8 Å². The van der Waals surface area contributed by atoms with Gasteiger partial charge in [-0.2, -0.15) is 8.78 Å². The van der Waals surface area contributed by atoms with Crippen molar-refractivity contribution in [1.29, 1.82) is 0 Å². The van der Waals surface area contributed by atoms with E-state index in [-0.39, 0.29) is 41.3 Å². The number of methoxy groups -OCH3 is 1. The number of pyridine rings is 1. The Morgan fingerprint density at radius 1 is 1.09 bits per heavy atom. The SMILES string of the molecule is COc1ccc(N(C)C(=O)c2cccc(NCc3nc(-c4ccc(OC(F)F)c(OCC5CC5)c4)oc3C(C)OC(N)=O)n2)cc1. The van der Waals surface area contributed by atoms with E-state index in [0.717, 1.165) is 12.8 Å². The van der Waals surface area contributed by atoms with E-state index in [9.17, 15) is 18.4 Å². The summed E-state index contributed by atoms with van der Waals surface area (Å²) in [5.41, 5.74) is 6.86. The molecule has 242 valence electrons. The summed E-state index contributed by atoms with van der Waals surface area (Å²) in [5.74, 6) is 1.39. The molecule has 14 heteroatoms. The first kappa shape index (κ1) is 32.0. The van der Waals surface area contributed by atoms with Gasteiger partial charge in [0, 0.05) is 18.3 Å². The van der Waals surface area contributed by atoms with Crippen molar-refractivity contribution in [3.63, 3.8) is 0 Å². The van der Waals surface area contributed by atoms with Gasteiger partial charge in [0.2, 0.25) is 5.89 Å². The number of halogens is 2. The molecule has 1 aliphatic rings. The van der Waals surface area contributed by atoms with Crippen LogP contribution in [0.25, 0.3) is 11.5 Å². The highest BCUT2D eigenvalue weighted by atomic mass is 19.3. The molecule has 1 unspecified atom stereocenters. The summed E-state index contributed by atoms with van der Waals surface area (Å²) in [4.78, 5) is 35.2. The van der Waals surface area contributed by atoms with Gasteiger partial charge < -0.3 is 39.3 Å². The van der Waals surface area contributed by atoms with Gasteiger partial charge in [0.05, 0.1) is 20.3 Å². The average molecular weight is 638 g/mol. The Hall–Kier alpha value is -5.40. The van der Waals surface area contributed by atoms with Crippen LogP contribution in [0.5, 0.6) is 17.2 Å². The highest BCUT2D eigenvalue weighted by molar-refractivity contribution is 6.04. The zero-order valence-corrected chi connectivity index (χ0v) is 25.4. The van der Waals surface area contributed by atoms with Crippen LogP contribution in [0.1, 0.15) is 47.8 Å². The minimum Gasteiger partial charge on any atom is -0.497 e. The van der Waals surface area contributed by atoms with E-state index in [4.69, 9.17) is 24.4 Å². The summed E-state index contributed by atoms with van der Waals surface area (Å²) >= 11 is 0. The molecule has 1 saturated carbocycles. The lowest BCUT2D eigenvalue weighted by atomic mass is 10.2. The third-order valence-corrected chi connectivity index (χ3v) is 7.14. The van der Waals surface area contributed by atoms with Crippen molar-refractivity contribution in [1.82, 2.24) is 9.97 Å². The van der Waals surface area contributed by atoms with Crippen LogP contribution in [0.2, 0.25) is 0 Å². The highest BCUT2D eigenvalue weighted by Gasteiger charge is 2.26. The molecular formula is C32H33F2N5O7. The molecule has 12 nitrogen and oxygen atoms in total. The summed E-state index contributed by atoms with van der Waals surface area (Å²) in [6.07, 6.45) is 0.0876. The lowest BCUT2D eigenvalue weighted by Crippen LogP contribution is -2.27. The van der Waals surface area contributed by atoms with Crippen LogP contribution in [0.15, 0.2) is 65.1 Å². The van der Waals surface area contributed by atoms with Crippen molar-refractivity contribution < 1.29 is 41.7 Å². The largest absolute Gasteiger partial charge is 0.497 e. The number of nitrogens with one attached hydrogen (secondary N) is 1. The standard InChI is InChI=1S/C32H33F2N5O7/c1-18(44-32(35)41)28-24(38-29(46-28)20-9-14-25(45-31(33)34)26(15-20)43-17-19-7-8-19)16-36-27-6-4-5-23(37-27)30(40)39(2)21-10-12-22(42-3)13-11-21/h4-6,9-15,18-19,31H,7-8,16-17H2,1-3H3,(H2,35,41)(H,36,37). The van der Waals surface area contributed by atoms with Crippen LogP contribution in [-0.4, -0.2) is 49.3 Å². The number of nitrogens with two attached hydrogens (primary N) is 1. The Balaban J connectivity index is 1.37. The van der Waals surface area contributed by atoms with Crippen molar-refractivity contribution in [3.8, 4) is 28.7 Å². The summed E-state index contributed by atoms with van der Waals surface area (Å²) in [6, 6.07) is 16.4. The van der Waals surface area contributed by atoms with E-state index in [1.165, 1.54) is 23.1 Å². The van der Waals surface area contributed by atoms with Gasteiger partial charge in [0.25, 0.3) is 5.91 Å². The molecule has 2 heterocycles. The second kappa shape index (κ2) is 14.1. The first-order chi connectivity index (χ1) is 22.1. The number of primary amides is 1. The van der Waals surface area contributed by atoms with Gasteiger partial charge >= 0.3 is 12.7 Å². The third-order valence-electron chi connectivity index (χ3n) is 7.14. The van der Waals surface area contributed by atoms with Crippen LogP contribution in [0.3, 0.4) is 0 Å². The third kappa shape index (κ3) is 8.00. The lowest BCUT2D eigenvalue weighted by Gasteiger charge is -2.17. The van der Waals surface area contributed by atoms with Gasteiger partial charge in [0.15, 0.2) is 23.4 Å². The molecular weight excluding hydrogens is 604 g/mol. The van der Waals surface area contributed by atoms with Gasteiger partial charge in [-0.3, -0.25) is 4.79 Å². The first-order valence-electron chi connectivity index (χ1n) is 14.4. The van der Waals surface area contributed by atoms with Crippen molar-refractivity contribution in [3.05, 3.63) is 77.8 Å². The quantitative estimate of drug-likeness (QED) is 0.164. The predicted octanol–water partition coefficient (Wildman–Crippen LogP) is 6.18. The maximum Gasteiger partial charge on any atom is 0.405 e. The highest BCUT2D eigenvalue weighted by Crippen LogP contribution is 2.37. The van der Waals surface area contributed by atoms with E-state index in [0.29, 0.717) is 41.0 Å². The molecule has 46 heavy (non-hydrogen) atoms. The van der Waals surface area contributed by atoms with Gasteiger partial charge in [-0.15, -0.1) is 0 Å². The molecule has 1 fully saturated rings. The number of carbonyl (C=O) groups excluding carboxylic acids is 2. The summed E-state index contributed by atoms with van der Waals surface area (Å²) in [7, 11) is 3.21. The molecule has 1 aliphatic carbocycles. The number of hydrogen-bond donors (Lipinski definition) is 2. The summed E-state index contributed by atoms with van der Waals surface area (Å²) < 4.78 is 52.8. The van der Waals surface area contributed by atoms with Crippen LogP contribution >= 0.6 is 0 Å². The Morgan fingerprint density at radius 3 is 2.52 bits per heavy atom. The zero-order chi connectivity index (χ0) is 32.8. The topological polar surface area (TPSA) is 151 Å². The number of nitrogens with zero attached hydrogens (tertiary/aromatic N) is 3. The molecule has 1 atom stereocenters. The molecule has 0 bridgehead atoms.